The average molecular weight is 259 g/mol. The highest BCUT2D eigenvalue weighted by Crippen LogP contribution is 2.13. The zero-order valence-corrected chi connectivity index (χ0v) is 11.5. The molecule has 1 heterocycles. The lowest BCUT2D eigenvalue weighted by Gasteiger charge is -2.10. The van der Waals surface area contributed by atoms with Gasteiger partial charge in [0.2, 0.25) is 0 Å². The van der Waals surface area contributed by atoms with Gasteiger partial charge in [0.05, 0.1) is 13.3 Å². The standard InChI is InChI=1S/C15H21N3O/c1-18-11-13(10-17-18)9-14(16)6-3-12-4-7-15(19-2)8-5-12/h4-5,7-8,10-11,14H,3,6,9,16H2,1-2H3. The van der Waals surface area contributed by atoms with Crippen LogP contribution in [-0.2, 0) is 19.9 Å². The van der Waals surface area contributed by atoms with E-state index >= 15 is 0 Å². The number of aromatic nitrogens is 2. The molecule has 1 aromatic heterocycles. The Morgan fingerprint density at radius 3 is 2.58 bits per heavy atom. The quantitative estimate of drug-likeness (QED) is 0.862. The molecule has 1 unspecified atom stereocenters. The normalized spacial score (nSPS) is 12.4. The first kappa shape index (κ1) is 13.6. The fraction of sp³-hybridized carbons (Fsp3) is 0.400. The van der Waals surface area contributed by atoms with E-state index in [0.717, 1.165) is 25.0 Å². The van der Waals surface area contributed by atoms with Gasteiger partial charge in [0.1, 0.15) is 5.75 Å². The highest BCUT2D eigenvalue weighted by molar-refractivity contribution is 5.27. The molecule has 1 atom stereocenters. The third-order valence-electron chi connectivity index (χ3n) is 3.22. The van der Waals surface area contributed by atoms with Crippen LogP contribution in [0.2, 0.25) is 0 Å². The van der Waals surface area contributed by atoms with Crippen LogP contribution in [0.4, 0.5) is 0 Å². The molecular weight excluding hydrogens is 238 g/mol. The Morgan fingerprint density at radius 2 is 2.00 bits per heavy atom. The third-order valence-corrected chi connectivity index (χ3v) is 3.22. The van der Waals surface area contributed by atoms with E-state index in [2.05, 4.69) is 17.2 Å². The van der Waals surface area contributed by atoms with Gasteiger partial charge in [-0.05, 0) is 42.5 Å². The SMILES string of the molecule is COc1ccc(CCC(N)Cc2cnn(C)c2)cc1. The second-order valence-electron chi connectivity index (χ2n) is 4.87. The molecule has 0 saturated heterocycles. The summed E-state index contributed by atoms with van der Waals surface area (Å²) in [5.74, 6) is 0.892. The van der Waals surface area contributed by atoms with Crippen molar-refractivity contribution >= 4 is 0 Å². The van der Waals surface area contributed by atoms with Crippen molar-refractivity contribution in [1.82, 2.24) is 9.78 Å². The summed E-state index contributed by atoms with van der Waals surface area (Å²) >= 11 is 0. The van der Waals surface area contributed by atoms with Crippen molar-refractivity contribution in [3.8, 4) is 5.75 Å². The second-order valence-corrected chi connectivity index (χ2v) is 4.87. The van der Waals surface area contributed by atoms with E-state index in [4.69, 9.17) is 10.5 Å². The lowest BCUT2D eigenvalue weighted by molar-refractivity contribution is 0.414. The maximum atomic E-state index is 6.16. The summed E-state index contributed by atoms with van der Waals surface area (Å²) in [6, 6.07) is 8.33. The Bertz CT molecular complexity index is 504. The lowest BCUT2D eigenvalue weighted by Crippen LogP contribution is -2.23. The molecule has 0 saturated carbocycles. The topological polar surface area (TPSA) is 53.1 Å². The largest absolute Gasteiger partial charge is 0.497 e. The van der Waals surface area contributed by atoms with Gasteiger partial charge >= 0.3 is 0 Å². The predicted molar refractivity (Wildman–Crippen MR) is 76.2 cm³/mol. The Kier molecular flexibility index (Phi) is 4.58. The number of hydrogen-bond donors (Lipinski definition) is 1. The lowest BCUT2D eigenvalue weighted by atomic mass is 10.0. The van der Waals surface area contributed by atoms with Crippen LogP contribution in [-0.4, -0.2) is 22.9 Å². The van der Waals surface area contributed by atoms with Crippen LogP contribution in [0.5, 0.6) is 5.75 Å². The Hall–Kier alpha value is -1.81. The average Bonchev–Trinajstić information content (AvgIpc) is 2.82. The van der Waals surface area contributed by atoms with Gasteiger partial charge in [-0.1, -0.05) is 12.1 Å². The van der Waals surface area contributed by atoms with Crippen molar-refractivity contribution in [2.75, 3.05) is 7.11 Å². The van der Waals surface area contributed by atoms with E-state index in [9.17, 15) is 0 Å². The molecule has 4 nitrogen and oxygen atoms in total. The van der Waals surface area contributed by atoms with Crippen molar-refractivity contribution in [1.29, 1.82) is 0 Å². The maximum Gasteiger partial charge on any atom is 0.118 e. The van der Waals surface area contributed by atoms with Crippen LogP contribution in [0.1, 0.15) is 17.5 Å². The molecule has 2 aromatic rings. The fourth-order valence-electron chi connectivity index (χ4n) is 2.13. The number of aryl methyl sites for hydroxylation is 2. The molecular formula is C15H21N3O. The summed E-state index contributed by atoms with van der Waals surface area (Å²) in [4.78, 5) is 0. The van der Waals surface area contributed by atoms with Crippen LogP contribution < -0.4 is 10.5 Å². The molecule has 0 aliphatic heterocycles. The summed E-state index contributed by atoms with van der Waals surface area (Å²) in [6.07, 6.45) is 6.75. The highest BCUT2D eigenvalue weighted by Gasteiger charge is 2.06. The van der Waals surface area contributed by atoms with Crippen LogP contribution in [0.25, 0.3) is 0 Å². The molecule has 0 spiro atoms. The molecule has 0 aliphatic rings. The summed E-state index contributed by atoms with van der Waals surface area (Å²) in [5, 5.41) is 4.15. The summed E-state index contributed by atoms with van der Waals surface area (Å²) in [6.45, 7) is 0. The van der Waals surface area contributed by atoms with Crippen LogP contribution >= 0.6 is 0 Å². The van der Waals surface area contributed by atoms with Crippen molar-refractivity contribution in [3.63, 3.8) is 0 Å². The van der Waals surface area contributed by atoms with Gasteiger partial charge in [-0.15, -0.1) is 0 Å². The minimum Gasteiger partial charge on any atom is -0.497 e. The molecule has 4 heteroatoms. The van der Waals surface area contributed by atoms with E-state index in [-0.39, 0.29) is 6.04 Å². The number of benzene rings is 1. The zero-order valence-electron chi connectivity index (χ0n) is 11.5. The Morgan fingerprint density at radius 1 is 1.26 bits per heavy atom. The number of hydrogen-bond acceptors (Lipinski definition) is 3. The van der Waals surface area contributed by atoms with Gasteiger partial charge in [0, 0.05) is 19.3 Å². The Balaban J connectivity index is 1.80. The second kappa shape index (κ2) is 6.38. The number of ether oxygens (including phenoxy) is 1. The van der Waals surface area contributed by atoms with Gasteiger partial charge in [-0.3, -0.25) is 4.68 Å². The van der Waals surface area contributed by atoms with Gasteiger partial charge in [-0.2, -0.15) is 5.10 Å². The van der Waals surface area contributed by atoms with Crippen LogP contribution in [0.15, 0.2) is 36.7 Å². The molecule has 102 valence electrons. The smallest absolute Gasteiger partial charge is 0.118 e. The number of methoxy groups -OCH3 is 1. The summed E-state index contributed by atoms with van der Waals surface area (Å²) in [7, 11) is 3.60. The fourth-order valence-corrected chi connectivity index (χ4v) is 2.13. The molecule has 0 amide bonds. The van der Waals surface area contributed by atoms with Gasteiger partial charge < -0.3 is 10.5 Å². The molecule has 19 heavy (non-hydrogen) atoms. The predicted octanol–water partition coefficient (Wildman–Crippen LogP) is 1.93. The zero-order chi connectivity index (χ0) is 13.7. The summed E-state index contributed by atoms with van der Waals surface area (Å²) < 4.78 is 6.95. The molecule has 0 bridgehead atoms. The van der Waals surface area contributed by atoms with E-state index in [1.165, 1.54) is 11.1 Å². The summed E-state index contributed by atoms with van der Waals surface area (Å²) in [5.41, 5.74) is 8.65. The van der Waals surface area contributed by atoms with Gasteiger partial charge in [-0.25, -0.2) is 0 Å². The van der Waals surface area contributed by atoms with E-state index < -0.39 is 0 Å². The monoisotopic (exact) mass is 259 g/mol. The third kappa shape index (κ3) is 4.10. The van der Waals surface area contributed by atoms with E-state index in [1.54, 1.807) is 7.11 Å². The number of nitrogens with two attached hydrogens (primary N) is 1. The molecule has 2 N–H and O–H groups in total. The van der Waals surface area contributed by atoms with Crippen molar-refractivity contribution in [2.45, 2.75) is 25.3 Å². The number of nitrogens with zero attached hydrogens (tertiary/aromatic N) is 2. The minimum atomic E-state index is 0.173. The molecule has 2 rings (SSSR count). The van der Waals surface area contributed by atoms with Crippen LogP contribution in [0.3, 0.4) is 0 Å². The van der Waals surface area contributed by atoms with Crippen molar-refractivity contribution < 1.29 is 4.74 Å². The maximum absolute atomic E-state index is 6.16. The van der Waals surface area contributed by atoms with E-state index in [1.807, 2.05) is 36.3 Å². The molecule has 0 fully saturated rings. The number of rotatable bonds is 6. The Labute approximate surface area is 114 Å². The van der Waals surface area contributed by atoms with Crippen molar-refractivity contribution in [3.05, 3.63) is 47.8 Å². The minimum absolute atomic E-state index is 0.173. The van der Waals surface area contributed by atoms with Gasteiger partial charge in [0.15, 0.2) is 0 Å². The molecule has 0 aliphatic carbocycles. The first-order valence-electron chi connectivity index (χ1n) is 6.53. The molecule has 1 aromatic carbocycles. The van der Waals surface area contributed by atoms with Crippen LogP contribution in [0, 0.1) is 0 Å². The first-order valence-corrected chi connectivity index (χ1v) is 6.53. The van der Waals surface area contributed by atoms with Crippen molar-refractivity contribution in [2.24, 2.45) is 12.8 Å². The van der Waals surface area contributed by atoms with Gasteiger partial charge in [0.25, 0.3) is 0 Å². The highest BCUT2D eigenvalue weighted by atomic mass is 16.5. The first-order chi connectivity index (χ1) is 9.17. The van der Waals surface area contributed by atoms with E-state index in [0.29, 0.717) is 0 Å². The molecule has 0 radical (unpaired) electrons.